The summed E-state index contributed by atoms with van der Waals surface area (Å²) in [6, 6.07) is 10.1. The maximum absolute atomic E-state index is 12.3. The summed E-state index contributed by atoms with van der Waals surface area (Å²) < 4.78 is 10.6. The number of carbonyl (C=O) groups excluding carboxylic acids is 1. The van der Waals surface area contributed by atoms with Gasteiger partial charge in [0.15, 0.2) is 5.76 Å². The van der Waals surface area contributed by atoms with Crippen molar-refractivity contribution in [1.82, 2.24) is 10.2 Å². The molecule has 0 spiro atoms. The van der Waals surface area contributed by atoms with E-state index in [2.05, 4.69) is 15.5 Å². The number of halogens is 1. The van der Waals surface area contributed by atoms with Gasteiger partial charge in [-0.25, -0.2) is 0 Å². The SMILES string of the molecule is C[C@@H](Sc1nnc(-c2ccco2)o1)C(=O)Nc1ccc(C#N)c(Cl)c1. The van der Waals surface area contributed by atoms with Crippen LogP contribution in [0.25, 0.3) is 11.7 Å². The maximum Gasteiger partial charge on any atom is 0.284 e. The Hall–Kier alpha value is -2.76. The largest absolute Gasteiger partial charge is 0.459 e. The molecule has 9 heteroatoms. The molecule has 0 aliphatic heterocycles. The maximum atomic E-state index is 12.3. The smallest absolute Gasteiger partial charge is 0.284 e. The first-order valence-electron chi connectivity index (χ1n) is 7.11. The molecule has 1 amide bonds. The van der Waals surface area contributed by atoms with Gasteiger partial charge in [0, 0.05) is 5.69 Å². The second kappa shape index (κ2) is 7.42. The lowest BCUT2D eigenvalue weighted by Gasteiger charge is -2.10. The lowest BCUT2D eigenvalue weighted by molar-refractivity contribution is -0.115. The highest BCUT2D eigenvalue weighted by molar-refractivity contribution is 8.00. The van der Waals surface area contributed by atoms with Crippen LogP contribution in [0.15, 0.2) is 50.7 Å². The third-order valence-corrected chi connectivity index (χ3v) is 4.39. The first kappa shape index (κ1) is 17.1. The summed E-state index contributed by atoms with van der Waals surface area (Å²) >= 11 is 7.07. The van der Waals surface area contributed by atoms with Crippen LogP contribution in [0.5, 0.6) is 0 Å². The van der Waals surface area contributed by atoms with E-state index in [-0.39, 0.29) is 22.0 Å². The Labute approximate surface area is 152 Å². The van der Waals surface area contributed by atoms with Gasteiger partial charge in [-0.15, -0.1) is 10.2 Å². The molecule has 3 rings (SSSR count). The van der Waals surface area contributed by atoms with Gasteiger partial charge >= 0.3 is 0 Å². The minimum absolute atomic E-state index is 0.249. The summed E-state index contributed by atoms with van der Waals surface area (Å²) in [7, 11) is 0. The molecule has 1 aromatic carbocycles. The molecule has 2 aromatic heterocycles. The molecule has 1 N–H and O–H groups in total. The van der Waals surface area contributed by atoms with Crippen LogP contribution in [0.2, 0.25) is 5.02 Å². The zero-order chi connectivity index (χ0) is 17.8. The van der Waals surface area contributed by atoms with Gasteiger partial charge in [0.25, 0.3) is 11.1 Å². The van der Waals surface area contributed by atoms with Crippen molar-refractivity contribution in [1.29, 1.82) is 5.26 Å². The molecule has 0 saturated heterocycles. The highest BCUT2D eigenvalue weighted by atomic mass is 35.5. The Kier molecular flexibility index (Phi) is 5.07. The predicted octanol–water partition coefficient (Wildman–Crippen LogP) is 3.97. The van der Waals surface area contributed by atoms with E-state index in [9.17, 15) is 4.79 Å². The minimum Gasteiger partial charge on any atom is -0.459 e. The molecule has 25 heavy (non-hydrogen) atoms. The van der Waals surface area contributed by atoms with Crippen molar-refractivity contribution in [2.45, 2.75) is 17.4 Å². The monoisotopic (exact) mass is 374 g/mol. The fourth-order valence-corrected chi connectivity index (χ4v) is 2.80. The van der Waals surface area contributed by atoms with Gasteiger partial charge in [-0.3, -0.25) is 4.79 Å². The Morgan fingerprint density at radius 2 is 2.24 bits per heavy atom. The van der Waals surface area contributed by atoms with Crippen LogP contribution in [0.3, 0.4) is 0 Å². The summed E-state index contributed by atoms with van der Waals surface area (Å²) in [6.07, 6.45) is 1.51. The van der Waals surface area contributed by atoms with Gasteiger partial charge in [-0.05, 0) is 37.3 Å². The van der Waals surface area contributed by atoms with Crippen LogP contribution in [0, 0.1) is 11.3 Å². The highest BCUT2D eigenvalue weighted by Gasteiger charge is 2.19. The zero-order valence-corrected chi connectivity index (χ0v) is 14.5. The molecule has 1 atom stereocenters. The molecule has 0 aliphatic carbocycles. The Morgan fingerprint density at radius 1 is 1.40 bits per heavy atom. The number of rotatable bonds is 5. The lowest BCUT2D eigenvalue weighted by atomic mass is 10.2. The molecular formula is C16H11ClN4O3S. The summed E-state index contributed by atoms with van der Waals surface area (Å²) in [5.41, 5.74) is 0.849. The van der Waals surface area contributed by atoms with E-state index in [1.54, 1.807) is 31.2 Å². The van der Waals surface area contributed by atoms with Crippen molar-refractivity contribution >= 4 is 35.0 Å². The minimum atomic E-state index is -0.487. The third kappa shape index (κ3) is 4.02. The van der Waals surface area contributed by atoms with Crippen molar-refractivity contribution < 1.29 is 13.6 Å². The number of benzene rings is 1. The first-order valence-corrected chi connectivity index (χ1v) is 8.37. The number of furan rings is 1. The van der Waals surface area contributed by atoms with Crippen LogP contribution in [0.1, 0.15) is 12.5 Å². The molecule has 0 unspecified atom stereocenters. The standard InChI is InChI=1S/C16H11ClN4O3S/c1-9(14(22)19-11-5-4-10(8-18)12(17)7-11)25-16-21-20-15(24-16)13-3-2-6-23-13/h2-7,9H,1H3,(H,19,22)/t9-/m1/s1. The lowest BCUT2D eigenvalue weighted by Crippen LogP contribution is -2.22. The Balaban J connectivity index is 1.63. The average Bonchev–Trinajstić information content (AvgIpc) is 3.26. The molecular weight excluding hydrogens is 364 g/mol. The first-order chi connectivity index (χ1) is 12.1. The van der Waals surface area contributed by atoms with Gasteiger partial charge < -0.3 is 14.2 Å². The van der Waals surface area contributed by atoms with E-state index in [0.29, 0.717) is 17.0 Å². The van der Waals surface area contributed by atoms with E-state index in [1.165, 1.54) is 12.3 Å². The van der Waals surface area contributed by atoms with Crippen LogP contribution in [-0.2, 0) is 4.79 Å². The number of thioether (sulfide) groups is 1. The van der Waals surface area contributed by atoms with Crippen LogP contribution in [-0.4, -0.2) is 21.4 Å². The van der Waals surface area contributed by atoms with Crippen molar-refractivity contribution in [2.75, 3.05) is 5.32 Å². The molecule has 2 heterocycles. The van der Waals surface area contributed by atoms with E-state index >= 15 is 0 Å². The molecule has 7 nitrogen and oxygen atoms in total. The van der Waals surface area contributed by atoms with Crippen molar-refractivity contribution in [2.24, 2.45) is 0 Å². The molecule has 126 valence electrons. The number of nitrogens with zero attached hydrogens (tertiary/aromatic N) is 3. The number of hydrogen-bond donors (Lipinski definition) is 1. The molecule has 0 saturated carbocycles. The predicted molar refractivity (Wildman–Crippen MR) is 92.1 cm³/mol. The number of nitriles is 1. The fourth-order valence-electron chi connectivity index (χ4n) is 1.89. The quantitative estimate of drug-likeness (QED) is 0.673. The average molecular weight is 375 g/mol. The van der Waals surface area contributed by atoms with E-state index in [1.807, 2.05) is 6.07 Å². The number of anilines is 1. The Bertz CT molecular complexity index is 933. The summed E-state index contributed by atoms with van der Waals surface area (Å²) in [5, 5.41) is 19.4. The van der Waals surface area contributed by atoms with Crippen LogP contribution in [0.4, 0.5) is 5.69 Å². The number of hydrogen-bond acceptors (Lipinski definition) is 7. The Morgan fingerprint density at radius 3 is 2.92 bits per heavy atom. The molecule has 0 radical (unpaired) electrons. The van der Waals surface area contributed by atoms with Crippen LogP contribution >= 0.6 is 23.4 Å². The van der Waals surface area contributed by atoms with Gasteiger partial charge in [-0.2, -0.15) is 5.26 Å². The van der Waals surface area contributed by atoms with Gasteiger partial charge in [0.2, 0.25) is 5.91 Å². The molecule has 0 aliphatic rings. The van der Waals surface area contributed by atoms with Crippen LogP contribution < -0.4 is 5.32 Å². The molecule has 0 bridgehead atoms. The summed E-state index contributed by atoms with van der Waals surface area (Å²) in [6.45, 7) is 1.71. The summed E-state index contributed by atoms with van der Waals surface area (Å²) in [5.74, 6) is 0.450. The fraction of sp³-hybridized carbons (Fsp3) is 0.125. The van der Waals surface area contributed by atoms with E-state index < -0.39 is 5.25 Å². The molecule has 0 fully saturated rings. The topological polar surface area (TPSA) is 105 Å². The van der Waals surface area contributed by atoms with E-state index in [0.717, 1.165) is 11.8 Å². The second-order valence-electron chi connectivity index (χ2n) is 4.91. The van der Waals surface area contributed by atoms with Crippen molar-refractivity contribution in [3.05, 3.63) is 47.2 Å². The normalized spacial score (nSPS) is 11.7. The number of aromatic nitrogens is 2. The zero-order valence-electron chi connectivity index (χ0n) is 12.9. The number of amides is 1. The van der Waals surface area contributed by atoms with E-state index in [4.69, 9.17) is 25.7 Å². The number of nitrogens with one attached hydrogen (secondary N) is 1. The van der Waals surface area contributed by atoms with Crippen molar-refractivity contribution in [3.63, 3.8) is 0 Å². The van der Waals surface area contributed by atoms with Gasteiger partial charge in [0.1, 0.15) is 6.07 Å². The van der Waals surface area contributed by atoms with Gasteiger partial charge in [0.05, 0.1) is 22.1 Å². The second-order valence-corrected chi connectivity index (χ2v) is 6.61. The molecule has 3 aromatic rings. The highest BCUT2D eigenvalue weighted by Crippen LogP contribution is 2.27. The third-order valence-electron chi connectivity index (χ3n) is 3.14. The summed E-state index contributed by atoms with van der Waals surface area (Å²) in [4.78, 5) is 12.3. The number of carbonyl (C=O) groups is 1. The van der Waals surface area contributed by atoms with Crippen molar-refractivity contribution in [3.8, 4) is 17.7 Å². The van der Waals surface area contributed by atoms with Gasteiger partial charge in [-0.1, -0.05) is 23.4 Å².